The average molecular weight is 327 g/mol. The van der Waals surface area contributed by atoms with Crippen LogP contribution in [0.3, 0.4) is 0 Å². The fourth-order valence-electron chi connectivity index (χ4n) is 3.57. The number of aliphatic hydroxyl groups is 1. The zero-order valence-electron chi connectivity index (χ0n) is 14.7. The summed E-state index contributed by atoms with van der Waals surface area (Å²) in [6.07, 6.45) is 18.9. The lowest BCUT2D eigenvalue weighted by atomic mass is 9.63. The first-order chi connectivity index (χ1) is 10.6. The second-order valence-electron chi connectivity index (χ2n) is 6.90. The Bertz CT molecular complexity index is 338. The molecule has 0 aromatic rings. The molecule has 0 aliphatic heterocycles. The highest BCUT2D eigenvalue weighted by molar-refractivity contribution is 6.20. The quantitative estimate of drug-likeness (QED) is 0.451. The van der Waals surface area contributed by atoms with E-state index in [0.29, 0.717) is 11.3 Å². The Morgan fingerprint density at radius 1 is 1.23 bits per heavy atom. The van der Waals surface area contributed by atoms with E-state index >= 15 is 0 Å². The maximum Gasteiger partial charge on any atom is 0.0630 e. The molecule has 2 aliphatic rings. The van der Waals surface area contributed by atoms with Gasteiger partial charge in [-0.1, -0.05) is 44.6 Å². The average Bonchev–Trinajstić information content (AvgIpc) is 2.85. The molecule has 2 aliphatic carbocycles. The fraction of sp³-hybridized carbons (Fsp3) is 0.800. The Kier molecular flexibility index (Phi) is 9.43. The third-order valence-electron chi connectivity index (χ3n) is 5.41. The van der Waals surface area contributed by atoms with E-state index in [9.17, 15) is 5.11 Å². The summed E-state index contributed by atoms with van der Waals surface area (Å²) in [5, 5.41) is 10.6. The molecule has 0 bridgehead atoms. The molecule has 0 aromatic heterocycles. The lowest BCUT2D eigenvalue weighted by Gasteiger charge is -2.45. The molecule has 128 valence electrons. The van der Waals surface area contributed by atoms with E-state index in [1.54, 1.807) is 0 Å². The first kappa shape index (κ1) is 19.8. The number of alkyl halides is 1. The van der Waals surface area contributed by atoms with Crippen molar-refractivity contribution < 1.29 is 5.11 Å². The minimum absolute atomic E-state index is 0.134. The van der Waals surface area contributed by atoms with Crippen LogP contribution in [0, 0.1) is 11.3 Å². The predicted molar refractivity (Wildman–Crippen MR) is 98.4 cm³/mol. The summed E-state index contributed by atoms with van der Waals surface area (Å²) in [7, 11) is 0. The topological polar surface area (TPSA) is 20.2 Å². The summed E-state index contributed by atoms with van der Waals surface area (Å²) in [6.45, 7) is 6.37. The second-order valence-corrected chi connectivity index (χ2v) is 7.51. The largest absolute Gasteiger partial charge is 0.392 e. The second kappa shape index (κ2) is 10.5. The van der Waals surface area contributed by atoms with Crippen molar-refractivity contribution in [1.29, 1.82) is 0 Å². The third-order valence-corrected chi connectivity index (χ3v) is 5.80. The molecule has 2 heteroatoms. The van der Waals surface area contributed by atoms with Gasteiger partial charge in [0.25, 0.3) is 0 Å². The van der Waals surface area contributed by atoms with Gasteiger partial charge in [0.2, 0.25) is 0 Å². The van der Waals surface area contributed by atoms with Crippen molar-refractivity contribution in [3.05, 3.63) is 24.3 Å². The van der Waals surface area contributed by atoms with Crippen LogP contribution in [0.4, 0.5) is 0 Å². The highest BCUT2D eigenvalue weighted by Gasteiger charge is 2.40. The van der Waals surface area contributed by atoms with Crippen molar-refractivity contribution in [3.8, 4) is 0 Å². The zero-order chi connectivity index (χ0) is 16.4. The predicted octanol–water partition coefficient (Wildman–Crippen LogP) is 6.25. The van der Waals surface area contributed by atoms with E-state index < -0.39 is 0 Å². The fourth-order valence-corrected chi connectivity index (χ4v) is 3.93. The van der Waals surface area contributed by atoms with Gasteiger partial charge in [0.1, 0.15) is 0 Å². The highest BCUT2D eigenvalue weighted by atomic mass is 35.5. The minimum atomic E-state index is -0.134. The molecule has 22 heavy (non-hydrogen) atoms. The van der Waals surface area contributed by atoms with Crippen molar-refractivity contribution in [2.24, 2.45) is 11.3 Å². The molecular weight excluding hydrogens is 292 g/mol. The summed E-state index contributed by atoms with van der Waals surface area (Å²) in [5.41, 5.74) is 0.245. The molecule has 0 radical (unpaired) electrons. The Morgan fingerprint density at radius 2 is 1.95 bits per heavy atom. The van der Waals surface area contributed by atoms with Crippen molar-refractivity contribution >= 4 is 11.6 Å². The smallest absolute Gasteiger partial charge is 0.0630 e. The molecule has 0 aromatic carbocycles. The lowest BCUT2D eigenvalue weighted by Crippen LogP contribution is -2.40. The van der Waals surface area contributed by atoms with Crippen LogP contribution in [-0.2, 0) is 0 Å². The van der Waals surface area contributed by atoms with Crippen LogP contribution in [0.25, 0.3) is 0 Å². The van der Waals surface area contributed by atoms with E-state index in [4.69, 9.17) is 11.6 Å². The molecule has 0 amide bonds. The van der Waals surface area contributed by atoms with Gasteiger partial charge in [-0.3, -0.25) is 0 Å². The van der Waals surface area contributed by atoms with E-state index in [2.05, 4.69) is 38.2 Å². The molecular formula is C20H35ClO. The SMILES string of the molecule is C/C=C\CC.CCC1(C(O)C/C=C/C2CCC(Cl)C2)CCC1. The van der Waals surface area contributed by atoms with Gasteiger partial charge in [-0.2, -0.15) is 0 Å². The number of hydrogen-bond acceptors (Lipinski definition) is 1. The van der Waals surface area contributed by atoms with Crippen LogP contribution < -0.4 is 0 Å². The van der Waals surface area contributed by atoms with Gasteiger partial charge < -0.3 is 5.11 Å². The minimum Gasteiger partial charge on any atom is -0.392 e. The van der Waals surface area contributed by atoms with Gasteiger partial charge in [-0.25, -0.2) is 0 Å². The monoisotopic (exact) mass is 326 g/mol. The van der Waals surface area contributed by atoms with Crippen molar-refractivity contribution in [2.75, 3.05) is 0 Å². The molecule has 0 spiro atoms. The maximum atomic E-state index is 10.3. The number of hydrogen-bond donors (Lipinski definition) is 1. The van der Waals surface area contributed by atoms with Gasteiger partial charge >= 0.3 is 0 Å². The molecule has 2 fully saturated rings. The Morgan fingerprint density at radius 3 is 2.32 bits per heavy atom. The van der Waals surface area contributed by atoms with Gasteiger partial charge in [0, 0.05) is 5.38 Å². The molecule has 3 unspecified atom stereocenters. The summed E-state index contributed by atoms with van der Waals surface area (Å²) in [4.78, 5) is 0. The summed E-state index contributed by atoms with van der Waals surface area (Å²) in [6, 6.07) is 0. The van der Waals surface area contributed by atoms with Crippen LogP contribution in [0.1, 0.15) is 78.6 Å². The van der Waals surface area contributed by atoms with Gasteiger partial charge in [0.15, 0.2) is 0 Å². The summed E-state index contributed by atoms with van der Waals surface area (Å²) in [5.74, 6) is 0.656. The third kappa shape index (κ3) is 6.08. The zero-order valence-corrected chi connectivity index (χ0v) is 15.5. The Balaban J connectivity index is 0.000000422. The number of aliphatic hydroxyl groups excluding tert-OH is 1. The van der Waals surface area contributed by atoms with Crippen molar-refractivity contribution in [3.63, 3.8) is 0 Å². The van der Waals surface area contributed by atoms with Crippen molar-refractivity contribution in [2.45, 2.75) is 90.0 Å². The van der Waals surface area contributed by atoms with Gasteiger partial charge in [0.05, 0.1) is 6.10 Å². The van der Waals surface area contributed by atoms with E-state index in [0.717, 1.165) is 32.1 Å². The van der Waals surface area contributed by atoms with Crippen molar-refractivity contribution in [1.82, 2.24) is 0 Å². The summed E-state index contributed by atoms with van der Waals surface area (Å²) >= 11 is 6.09. The number of halogens is 1. The molecule has 2 rings (SSSR count). The van der Waals surface area contributed by atoms with Crippen LogP contribution >= 0.6 is 11.6 Å². The van der Waals surface area contributed by atoms with E-state index in [1.165, 1.54) is 25.7 Å². The first-order valence-electron chi connectivity index (χ1n) is 9.18. The normalized spacial score (nSPS) is 28.4. The molecule has 1 nitrogen and oxygen atoms in total. The van der Waals surface area contributed by atoms with Crippen LogP contribution in [0.2, 0.25) is 0 Å². The number of rotatable bonds is 6. The van der Waals surface area contributed by atoms with E-state index in [1.807, 2.05) is 6.92 Å². The van der Waals surface area contributed by atoms with Gasteiger partial charge in [-0.05, 0) is 69.6 Å². The van der Waals surface area contributed by atoms with Crippen LogP contribution in [0.5, 0.6) is 0 Å². The molecule has 1 N–H and O–H groups in total. The molecule has 0 heterocycles. The summed E-state index contributed by atoms with van der Waals surface area (Å²) < 4.78 is 0. The maximum absolute atomic E-state index is 10.3. The molecule has 0 saturated heterocycles. The standard InChI is InChI=1S/C15H25ClO.C5H10/c1-2-15(9-4-10-15)14(17)6-3-5-12-7-8-13(16)11-12;1-3-5-4-2/h3,5,12-14,17H,2,4,6-11H2,1H3;3,5H,4H2,1-2H3/b5-3+;5-3-. The molecule has 3 atom stereocenters. The number of allylic oxidation sites excluding steroid dienone is 3. The first-order valence-corrected chi connectivity index (χ1v) is 9.61. The van der Waals surface area contributed by atoms with Crippen LogP contribution in [0.15, 0.2) is 24.3 Å². The Hall–Kier alpha value is -0.270. The van der Waals surface area contributed by atoms with Gasteiger partial charge in [-0.15, -0.1) is 11.6 Å². The lowest BCUT2D eigenvalue weighted by molar-refractivity contribution is -0.0355. The van der Waals surface area contributed by atoms with E-state index in [-0.39, 0.29) is 11.5 Å². The highest BCUT2D eigenvalue weighted by Crippen LogP contribution is 2.47. The van der Waals surface area contributed by atoms with Crippen LogP contribution in [-0.4, -0.2) is 16.6 Å². The Labute approximate surface area is 142 Å². The molecule has 2 saturated carbocycles.